The number of hydrogen-bond acceptors (Lipinski definition) is 5. The topological polar surface area (TPSA) is 99.2 Å². The number of amides is 2. The molecule has 0 aliphatic heterocycles. The normalized spacial score (nSPS) is 13.7. The summed E-state index contributed by atoms with van der Waals surface area (Å²) in [6, 6.07) is 25.1. The van der Waals surface area contributed by atoms with Crippen molar-refractivity contribution in [3.8, 4) is 11.1 Å². The molecule has 8 heteroatoms. The Hall–Kier alpha value is -4.17. The first-order valence-electron chi connectivity index (χ1n) is 13.1. The molecule has 2 unspecified atom stereocenters. The summed E-state index contributed by atoms with van der Waals surface area (Å²) in [5, 5.41) is 12.0. The molecule has 3 aromatic carbocycles. The number of nitrogens with zero attached hydrogens (tertiary/aromatic N) is 2. The Morgan fingerprint density at radius 1 is 0.872 bits per heavy atom. The zero-order chi connectivity index (χ0) is 27.9. The van der Waals surface area contributed by atoms with Gasteiger partial charge in [-0.2, -0.15) is 0 Å². The van der Waals surface area contributed by atoms with Crippen molar-refractivity contribution in [1.29, 1.82) is 0 Å². The number of carboxylic acid groups (broad SMARTS) is 1. The van der Waals surface area contributed by atoms with Gasteiger partial charge in [0.2, 0.25) is 5.91 Å². The van der Waals surface area contributed by atoms with Gasteiger partial charge in [0.25, 0.3) is 0 Å². The van der Waals surface area contributed by atoms with Crippen molar-refractivity contribution < 1.29 is 24.2 Å². The number of carbonyl (C=O) groups is 3. The smallest absolute Gasteiger partial charge is 0.407 e. The minimum atomic E-state index is -0.989. The fourth-order valence-electron chi connectivity index (χ4n) is 5.08. The van der Waals surface area contributed by atoms with E-state index in [4.69, 9.17) is 4.74 Å². The molecular formula is C31H35N3O5. The molecule has 0 heterocycles. The maximum atomic E-state index is 13.3. The summed E-state index contributed by atoms with van der Waals surface area (Å²) in [5.74, 6) is -2.21. The number of likely N-dealkylation sites (N-methyl/N-ethyl adjacent to an activating group) is 2. The van der Waals surface area contributed by atoms with E-state index in [0.29, 0.717) is 6.54 Å². The molecular weight excluding hydrogens is 494 g/mol. The maximum Gasteiger partial charge on any atom is 0.407 e. The van der Waals surface area contributed by atoms with Crippen LogP contribution in [-0.4, -0.2) is 72.7 Å². The zero-order valence-electron chi connectivity index (χ0n) is 22.5. The number of fused-ring (bicyclic) bond motifs is 3. The number of aliphatic carboxylic acids is 1. The highest BCUT2D eigenvalue weighted by atomic mass is 16.5. The molecule has 39 heavy (non-hydrogen) atoms. The predicted molar refractivity (Wildman–Crippen MR) is 149 cm³/mol. The van der Waals surface area contributed by atoms with Crippen LogP contribution in [-0.2, 0) is 20.9 Å². The molecule has 204 valence electrons. The lowest BCUT2D eigenvalue weighted by atomic mass is 9.98. The van der Waals surface area contributed by atoms with Crippen LogP contribution in [0.15, 0.2) is 78.9 Å². The fraction of sp³-hybridized carbons (Fsp3) is 0.323. The number of alkyl carbamates (subject to hydrolysis) is 1. The fourth-order valence-corrected chi connectivity index (χ4v) is 5.08. The van der Waals surface area contributed by atoms with E-state index in [1.54, 1.807) is 14.0 Å². The molecule has 0 saturated carbocycles. The second-order valence-electron chi connectivity index (χ2n) is 10.2. The average molecular weight is 530 g/mol. The van der Waals surface area contributed by atoms with Crippen molar-refractivity contribution in [2.24, 2.45) is 5.92 Å². The number of carboxylic acids is 1. The van der Waals surface area contributed by atoms with Gasteiger partial charge in [0, 0.05) is 32.6 Å². The third-order valence-electron chi connectivity index (χ3n) is 7.07. The Morgan fingerprint density at radius 3 is 2.03 bits per heavy atom. The van der Waals surface area contributed by atoms with Gasteiger partial charge in [-0.3, -0.25) is 14.5 Å². The van der Waals surface area contributed by atoms with Crippen molar-refractivity contribution in [3.05, 3.63) is 95.6 Å². The van der Waals surface area contributed by atoms with Crippen LogP contribution in [0.2, 0.25) is 0 Å². The zero-order valence-corrected chi connectivity index (χ0v) is 22.5. The minimum absolute atomic E-state index is 0.0272. The highest BCUT2D eigenvalue weighted by Crippen LogP contribution is 2.44. The summed E-state index contributed by atoms with van der Waals surface area (Å²) in [5.41, 5.74) is 5.53. The van der Waals surface area contributed by atoms with Gasteiger partial charge in [0.05, 0.1) is 5.92 Å². The number of nitrogens with one attached hydrogen (secondary N) is 1. The first kappa shape index (κ1) is 27.9. The molecule has 1 aliphatic carbocycles. The van der Waals surface area contributed by atoms with Crippen LogP contribution in [0.25, 0.3) is 11.1 Å². The first-order chi connectivity index (χ1) is 18.7. The number of rotatable bonds is 11. The Labute approximate surface area is 229 Å². The first-order valence-corrected chi connectivity index (χ1v) is 13.1. The van der Waals surface area contributed by atoms with Gasteiger partial charge < -0.3 is 20.1 Å². The van der Waals surface area contributed by atoms with Gasteiger partial charge in [-0.05, 0) is 34.9 Å². The van der Waals surface area contributed by atoms with Crippen molar-refractivity contribution in [2.45, 2.75) is 25.4 Å². The van der Waals surface area contributed by atoms with Gasteiger partial charge in [0.15, 0.2) is 0 Å². The maximum absolute atomic E-state index is 13.3. The summed E-state index contributed by atoms with van der Waals surface area (Å²) < 4.78 is 5.69. The Balaban J connectivity index is 1.44. The van der Waals surface area contributed by atoms with Gasteiger partial charge in [-0.1, -0.05) is 85.8 Å². The van der Waals surface area contributed by atoms with Gasteiger partial charge in [-0.25, -0.2) is 4.79 Å². The number of ether oxygens (including phenoxy) is 1. The average Bonchev–Trinajstić information content (AvgIpc) is 3.25. The summed E-state index contributed by atoms with van der Waals surface area (Å²) in [6.07, 6.45) is -0.692. The molecule has 2 atom stereocenters. The minimum Gasteiger partial charge on any atom is -0.481 e. The van der Waals surface area contributed by atoms with Gasteiger partial charge in [0.1, 0.15) is 12.6 Å². The Kier molecular flexibility index (Phi) is 8.99. The third kappa shape index (κ3) is 6.83. The van der Waals surface area contributed by atoms with Crippen molar-refractivity contribution in [1.82, 2.24) is 15.1 Å². The van der Waals surface area contributed by atoms with Crippen LogP contribution >= 0.6 is 0 Å². The number of hydrogen-bond donors (Lipinski definition) is 2. The lowest BCUT2D eigenvalue weighted by Crippen LogP contribution is -2.53. The second kappa shape index (κ2) is 12.6. The van der Waals surface area contributed by atoms with E-state index in [-0.39, 0.29) is 31.5 Å². The number of benzene rings is 3. The van der Waals surface area contributed by atoms with E-state index < -0.39 is 24.0 Å². The van der Waals surface area contributed by atoms with Crippen LogP contribution in [0.1, 0.15) is 29.5 Å². The molecule has 2 N–H and O–H groups in total. The lowest BCUT2D eigenvalue weighted by molar-refractivity contribution is -0.143. The monoisotopic (exact) mass is 529 g/mol. The SMILES string of the molecule is CC(CN(C)C(=O)C(CN(C)Cc1ccccc1)NC(=O)OCC1c2ccccc2-c2ccccc21)C(=O)O. The summed E-state index contributed by atoms with van der Waals surface area (Å²) >= 11 is 0. The second-order valence-corrected chi connectivity index (χ2v) is 10.2. The van der Waals surface area contributed by atoms with E-state index in [9.17, 15) is 19.5 Å². The Bertz CT molecular complexity index is 1270. The van der Waals surface area contributed by atoms with E-state index >= 15 is 0 Å². The molecule has 8 nitrogen and oxygen atoms in total. The third-order valence-corrected chi connectivity index (χ3v) is 7.07. The van der Waals surface area contributed by atoms with Crippen LogP contribution in [0.3, 0.4) is 0 Å². The molecule has 4 rings (SSSR count). The van der Waals surface area contributed by atoms with E-state index in [1.807, 2.05) is 78.7 Å². The number of carbonyl (C=O) groups excluding carboxylic acids is 2. The van der Waals surface area contributed by atoms with Crippen LogP contribution in [0, 0.1) is 5.92 Å². The van der Waals surface area contributed by atoms with Crippen LogP contribution in [0.4, 0.5) is 4.79 Å². The van der Waals surface area contributed by atoms with Gasteiger partial charge >= 0.3 is 12.1 Å². The van der Waals surface area contributed by atoms with Crippen molar-refractivity contribution in [2.75, 3.05) is 33.8 Å². The van der Waals surface area contributed by atoms with Crippen molar-refractivity contribution >= 4 is 18.0 Å². The van der Waals surface area contributed by atoms with E-state index in [1.165, 1.54) is 4.90 Å². The lowest BCUT2D eigenvalue weighted by Gasteiger charge is -2.29. The largest absolute Gasteiger partial charge is 0.481 e. The van der Waals surface area contributed by atoms with Crippen LogP contribution in [0.5, 0.6) is 0 Å². The summed E-state index contributed by atoms with van der Waals surface area (Å²) in [7, 11) is 3.41. The van der Waals surface area contributed by atoms with E-state index in [0.717, 1.165) is 27.8 Å². The molecule has 0 saturated heterocycles. The van der Waals surface area contributed by atoms with Crippen molar-refractivity contribution in [3.63, 3.8) is 0 Å². The quantitative estimate of drug-likeness (QED) is 0.386. The molecule has 0 spiro atoms. The predicted octanol–water partition coefficient (Wildman–Crippen LogP) is 4.20. The summed E-state index contributed by atoms with van der Waals surface area (Å²) in [6.45, 7) is 2.50. The molecule has 0 fully saturated rings. The van der Waals surface area contributed by atoms with Crippen LogP contribution < -0.4 is 5.32 Å². The molecule has 1 aliphatic rings. The molecule has 2 amide bonds. The highest BCUT2D eigenvalue weighted by Gasteiger charge is 2.31. The Morgan fingerprint density at radius 2 is 1.44 bits per heavy atom. The standard InChI is InChI=1S/C31H35N3O5/c1-21(30(36)37)17-34(3)29(35)28(19-33(2)18-22-11-5-4-6-12-22)32-31(38)39-20-27-25-15-9-7-13-23(25)24-14-8-10-16-26(24)27/h4-16,21,27-28H,17-20H2,1-3H3,(H,32,38)(H,36,37). The molecule has 0 aromatic heterocycles. The molecule has 3 aromatic rings. The molecule has 0 radical (unpaired) electrons. The highest BCUT2D eigenvalue weighted by molar-refractivity contribution is 5.86. The summed E-state index contributed by atoms with van der Waals surface area (Å²) in [4.78, 5) is 41.0. The molecule has 0 bridgehead atoms. The van der Waals surface area contributed by atoms with E-state index in [2.05, 4.69) is 17.4 Å². The van der Waals surface area contributed by atoms with Gasteiger partial charge in [-0.15, -0.1) is 0 Å².